The predicted molar refractivity (Wildman–Crippen MR) is 62.3 cm³/mol. The van der Waals surface area contributed by atoms with E-state index in [1.165, 1.54) is 12.1 Å². The Morgan fingerprint density at radius 2 is 2.28 bits per heavy atom. The molecule has 0 aliphatic rings. The average molecular weight is 250 g/mol. The van der Waals surface area contributed by atoms with E-state index in [2.05, 4.69) is 15.4 Å². The number of nitrogens with one attached hydrogen (secondary N) is 1. The summed E-state index contributed by atoms with van der Waals surface area (Å²) in [6.45, 7) is 1.81. The summed E-state index contributed by atoms with van der Waals surface area (Å²) >= 11 is 0. The van der Waals surface area contributed by atoms with Gasteiger partial charge in [-0.2, -0.15) is 0 Å². The molecule has 0 radical (unpaired) electrons. The molecule has 1 aromatic carbocycles. The standard InChI is InChI=1S/C11H11FN4O2/c1-6-4-10(15-14-6)18-9-3-2-7(12)5-8(9)11(13)16-17/h2-5,17H,1H3,(H2,13,16)(H,14,15). The van der Waals surface area contributed by atoms with Crippen LogP contribution in [0.1, 0.15) is 11.3 Å². The van der Waals surface area contributed by atoms with E-state index in [1.807, 2.05) is 6.92 Å². The Morgan fingerprint density at radius 3 is 2.89 bits per heavy atom. The SMILES string of the molecule is Cc1cc(Oc2ccc(F)cc2/C(N)=N/O)n[nH]1. The van der Waals surface area contributed by atoms with Crippen LogP contribution in [0.2, 0.25) is 0 Å². The van der Waals surface area contributed by atoms with Crippen LogP contribution in [0.15, 0.2) is 29.4 Å². The maximum absolute atomic E-state index is 13.1. The lowest BCUT2D eigenvalue weighted by atomic mass is 10.2. The lowest BCUT2D eigenvalue weighted by Gasteiger charge is -2.07. The highest BCUT2D eigenvalue weighted by Crippen LogP contribution is 2.25. The number of aromatic amines is 1. The minimum Gasteiger partial charge on any atom is -0.437 e. The number of H-pyrrole nitrogens is 1. The summed E-state index contributed by atoms with van der Waals surface area (Å²) in [5.74, 6) is -0.191. The number of hydrogen-bond donors (Lipinski definition) is 3. The fraction of sp³-hybridized carbons (Fsp3) is 0.0909. The van der Waals surface area contributed by atoms with E-state index < -0.39 is 5.82 Å². The van der Waals surface area contributed by atoms with E-state index in [-0.39, 0.29) is 17.1 Å². The Bertz CT molecular complexity index is 594. The molecule has 94 valence electrons. The minimum atomic E-state index is -0.512. The average Bonchev–Trinajstić information content (AvgIpc) is 2.76. The van der Waals surface area contributed by atoms with Crippen LogP contribution in [-0.2, 0) is 0 Å². The quantitative estimate of drug-likeness (QED) is 0.334. The van der Waals surface area contributed by atoms with Gasteiger partial charge in [-0.3, -0.25) is 5.10 Å². The molecule has 0 saturated heterocycles. The predicted octanol–water partition coefficient (Wildman–Crippen LogP) is 1.74. The molecule has 4 N–H and O–H groups in total. The summed E-state index contributed by atoms with van der Waals surface area (Å²) in [7, 11) is 0. The van der Waals surface area contributed by atoms with Crippen LogP contribution in [0.3, 0.4) is 0 Å². The van der Waals surface area contributed by atoms with E-state index >= 15 is 0 Å². The van der Waals surface area contributed by atoms with Crippen molar-refractivity contribution in [3.63, 3.8) is 0 Å². The third kappa shape index (κ3) is 2.40. The number of amidine groups is 1. The monoisotopic (exact) mass is 250 g/mol. The van der Waals surface area contributed by atoms with Gasteiger partial charge in [-0.15, -0.1) is 5.10 Å². The summed E-state index contributed by atoms with van der Waals surface area (Å²) in [6, 6.07) is 5.37. The number of rotatable bonds is 3. The van der Waals surface area contributed by atoms with Crippen LogP contribution < -0.4 is 10.5 Å². The number of benzene rings is 1. The maximum Gasteiger partial charge on any atom is 0.238 e. The van der Waals surface area contributed by atoms with Gasteiger partial charge in [0, 0.05) is 11.8 Å². The number of nitrogens with two attached hydrogens (primary N) is 1. The molecule has 0 aliphatic heterocycles. The maximum atomic E-state index is 13.1. The van der Waals surface area contributed by atoms with Gasteiger partial charge < -0.3 is 15.7 Å². The van der Waals surface area contributed by atoms with Crippen molar-refractivity contribution in [2.24, 2.45) is 10.9 Å². The number of ether oxygens (including phenoxy) is 1. The number of halogens is 1. The van der Waals surface area contributed by atoms with E-state index in [9.17, 15) is 4.39 Å². The van der Waals surface area contributed by atoms with Crippen LogP contribution in [0.4, 0.5) is 4.39 Å². The van der Waals surface area contributed by atoms with Gasteiger partial charge in [0.2, 0.25) is 5.88 Å². The molecule has 2 aromatic rings. The lowest BCUT2D eigenvalue weighted by Crippen LogP contribution is -2.14. The second-order valence-corrected chi connectivity index (χ2v) is 3.62. The van der Waals surface area contributed by atoms with Crippen molar-refractivity contribution < 1.29 is 14.3 Å². The summed E-state index contributed by atoms with van der Waals surface area (Å²) in [5, 5.41) is 18.0. The van der Waals surface area contributed by atoms with Crippen LogP contribution >= 0.6 is 0 Å². The fourth-order valence-electron chi connectivity index (χ4n) is 1.40. The van der Waals surface area contributed by atoms with Gasteiger partial charge in [0.1, 0.15) is 11.6 Å². The molecule has 6 nitrogen and oxygen atoms in total. The third-order valence-electron chi connectivity index (χ3n) is 2.22. The molecule has 18 heavy (non-hydrogen) atoms. The minimum absolute atomic E-state index is 0.151. The Kier molecular flexibility index (Phi) is 3.13. The van der Waals surface area contributed by atoms with Crippen LogP contribution in [-0.4, -0.2) is 21.2 Å². The van der Waals surface area contributed by atoms with Crippen molar-refractivity contribution in [3.05, 3.63) is 41.3 Å². The van der Waals surface area contributed by atoms with Gasteiger partial charge in [0.15, 0.2) is 5.84 Å². The van der Waals surface area contributed by atoms with Crippen LogP contribution in [0, 0.1) is 12.7 Å². The molecule has 0 amide bonds. The second-order valence-electron chi connectivity index (χ2n) is 3.62. The first-order chi connectivity index (χ1) is 8.60. The molecule has 1 aromatic heterocycles. The van der Waals surface area contributed by atoms with Crippen molar-refractivity contribution in [2.75, 3.05) is 0 Å². The van der Waals surface area contributed by atoms with Crippen molar-refractivity contribution in [1.29, 1.82) is 0 Å². The zero-order valence-electron chi connectivity index (χ0n) is 9.51. The molecule has 1 heterocycles. The largest absolute Gasteiger partial charge is 0.437 e. The van der Waals surface area contributed by atoms with E-state index in [0.29, 0.717) is 5.88 Å². The number of aryl methyl sites for hydroxylation is 1. The summed E-state index contributed by atoms with van der Waals surface area (Å²) < 4.78 is 18.5. The molecule has 2 rings (SSSR count). The van der Waals surface area contributed by atoms with Gasteiger partial charge in [-0.1, -0.05) is 5.16 Å². The topological polar surface area (TPSA) is 96.5 Å². The smallest absolute Gasteiger partial charge is 0.238 e. The second kappa shape index (κ2) is 4.74. The summed E-state index contributed by atoms with van der Waals surface area (Å²) in [4.78, 5) is 0. The first-order valence-electron chi connectivity index (χ1n) is 5.07. The molecule has 0 bridgehead atoms. The molecular weight excluding hydrogens is 239 g/mol. The van der Waals surface area contributed by atoms with Gasteiger partial charge in [0.25, 0.3) is 0 Å². The van der Waals surface area contributed by atoms with Crippen molar-refractivity contribution in [3.8, 4) is 11.6 Å². The molecular formula is C11H11FN4O2. The van der Waals surface area contributed by atoms with Crippen LogP contribution in [0.5, 0.6) is 11.6 Å². The number of oxime groups is 1. The first kappa shape index (κ1) is 11.9. The highest BCUT2D eigenvalue weighted by Gasteiger charge is 2.12. The van der Waals surface area contributed by atoms with E-state index in [4.69, 9.17) is 15.7 Å². The zero-order valence-corrected chi connectivity index (χ0v) is 9.51. The Hall–Kier alpha value is -2.57. The number of hydrogen-bond acceptors (Lipinski definition) is 4. The van der Waals surface area contributed by atoms with Gasteiger partial charge >= 0.3 is 0 Å². The molecule has 0 aliphatic carbocycles. The molecule has 0 atom stereocenters. The normalized spacial score (nSPS) is 11.6. The Morgan fingerprint density at radius 1 is 1.50 bits per heavy atom. The van der Waals surface area contributed by atoms with Crippen LogP contribution in [0.25, 0.3) is 0 Å². The van der Waals surface area contributed by atoms with Crippen molar-refractivity contribution >= 4 is 5.84 Å². The third-order valence-corrected chi connectivity index (χ3v) is 2.22. The molecule has 0 fully saturated rings. The van der Waals surface area contributed by atoms with Gasteiger partial charge in [-0.05, 0) is 25.1 Å². The highest BCUT2D eigenvalue weighted by atomic mass is 19.1. The first-order valence-corrected chi connectivity index (χ1v) is 5.07. The molecule has 0 saturated carbocycles. The van der Waals surface area contributed by atoms with Crippen molar-refractivity contribution in [2.45, 2.75) is 6.92 Å². The molecule has 0 spiro atoms. The van der Waals surface area contributed by atoms with E-state index in [0.717, 1.165) is 11.8 Å². The Labute approximate surface area is 102 Å². The number of nitrogens with zero attached hydrogens (tertiary/aromatic N) is 2. The zero-order chi connectivity index (χ0) is 13.1. The van der Waals surface area contributed by atoms with Crippen molar-refractivity contribution in [1.82, 2.24) is 10.2 Å². The van der Waals surface area contributed by atoms with Gasteiger partial charge in [0.05, 0.1) is 5.56 Å². The summed E-state index contributed by atoms with van der Waals surface area (Å²) in [5.41, 5.74) is 6.42. The summed E-state index contributed by atoms with van der Waals surface area (Å²) in [6.07, 6.45) is 0. The Balaban J connectivity index is 2.38. The number of aromatic nitrogens is 2. The fourth-order valence-corrected chi connectivity index (χ4v) is 1.40. The van der Waals surface area contributed by atoms with E-state index in [1.54, 1.807) is 6.07 Å². The molecule has 7 heteroatoms. The molecule has 0 unspecified atom stereocenters. The van der Waals surface area contributed by atoms with Gasteiger partial charge in [-0.25, -0.2) is 4.39 Å². The lowest BCUT2D eigenvalue weighted by molar-refractivity contribution is 0.318. The highest BCUT2D eigenvalue weighted by molar-refractivity contribution is 5.99.